The number of carbonyl (C=O) groups is 2. The first-order valence-electron chi connectivity index (χ1n) is 10.7. The van der Waals surface area contributed by atoms with Crippen LogP contribution in [0.15, 0.2) is 76.8 Å². The topological polar surface area (TPSA) is 79.7 Å². The highest BCUT2D eigenvalue weighted by molar-refractivity contribution is 9.10. The molecule has 4 aromatic rings. The molecule has 0 aliphatic carbocycles. The predicted octanol–water partition coefficient (Wildman–Crippen LogP) is 6.22. The van der Waals surface area contributed by atoms with Crippen LogP contribution in [-0.4, -0.2) is 28.4 Å². The summed E-state index contributed by atoms with van der Waals surface area (Å²) in [7, 11) is 0. The van der Waals surface area contributed by atoms with Gasteiger partial charge in [0.1, 0.15) is 17.3 Å². The summed E-state index contributed by atoms with van der Waals surface area (Å²) in [4.78, 5) is 32.3. The predicted molar refractivity (Wildman–Crippen MR) is 136 cm³/mol. The molecule has 1 aliphatic rings. The second kappa shape index (κ2) is 9.24. The van der Waals surface area contributed by atoms with Crippen LogP contribution in [-0.2, 0) is 9.59 Å². The van der Waals surface area contributed by atoms with Crippen molar-refractivity contribution in [2.45, 2.75) is 13.0 Å². The van der Waals surface area contributed by atoms with Gasteiger partial charge < -0.3 is 9.84 Å². The fourth-order valence-electron chi connectivity index (χ4n) is 4.01. The van der Waals surface area contributed by atoms with Gasteiger partial charge in [-0.25, -0.2) is 9.37 Å². The standard InChI is InChI=1S/C26H18BrFN2O4S/c1-2-34-18-10-5-15(6-11-18)23(31)21-22(14-3-7-16(27)8-4-14)30(25(33)24(21)32)26-29-19-12-9-17(28)13-20(19)35-26/h3-13,22,31H,2H2,1H3/b23-21+. The van der Waals surface area contributed by atoms with Crippen molar-refractivity contribution in [1.82, 2.24) is 4.98 Å². The first kappa shape index (κ1) is 23.2. The molecule has 1 amide bonds. The molecule has 35 heavy (non-hydrogen) atoms. The van der Waals surface area contributed by atoms with Crippen molar-refractivity contribution in [3.8, 4) is 5.75 Å². The van der Waals surface area contributed by atoms with Gasteiger partial charge in [-0.3, -0.25) is 14.5 Å². The van der Waals surface area contributed by atoms with Crippen LogP contribution in [0.2, 0.25) is 0 Å². The fourth-order valence-corrected chi connectivity index (χ4v) is 5.29. The molecule has 9 heteroatoms. The van der Waals surface area contributed by atoms with Gasteiger partial charge >= 0.3 is 5.91 Å². The van der Waals surface area contributed by atoms with Crippen LogP contribution in [0.5, 0.6) is 5.75 Å². The smallest absolute Gasteiger partial charge is 0.301 e. The van der Waals surface area contributed by atoms with Gasteiger partial charge in [-0.05, 0) is 67.1 Å². The number of Topliss-reactive ketones (excluding diaryl/α,β-unsaturated/α-hetero) is 1. The van der Waals surface area contributed by atoms with Crippen molar-refractivity contribution >= 4 is 60.1 Å². The molecule has 1 aliphatic heterocycles. The summed E-state index contributed by atoms with van der Waals surface area (Å²) < 4.78 is 20.6. The van der Waals surface area contributed by atoms with Crippen molar-refractivity contribution in [3.63, 3.8) is 0 Å². The third-order valence-electron chi connectivity index (χ3n) is 5.61. The molecular weight excluding hydrogens is 535 g/mol. The van der Waals surface area contributed by atoms with Gasteiger partial charge in [0, 0.05) is 10.0 Å². The molecule has 1 N–H and O–H groups in total. The van der Waals surface area contributed by atoms with Gasteiger partial charge in [-0.1, -0.05) is 39.4 Å². The largest absolute Gasteiger partial charge is 0.507 e. The van der Waals surface area contributed by atoms with Crippen LogP contribution in [0.4, 0.5) is 9.52 Å². The highest BCUT2D eigenvalue weighted by Crippen LogP contribution is 2.44. The second-order valence-electron chi connectivity index (χ2n) is 7.79. The summed E-state index contributed by atoms with van der Waals surface area (Å²) in [5, 5.41) is 11.5. The van der Waals surface area contributed by atoms with Gasteiger partial charge in [0.05, 0.1) is 28.4 Å². The fraction of sp³-hybridized carbons (Fsp3) is 0.115. The van der Waals surface area contributed by atoms with Gasteiger partial charge in [0.15, 0.2) is 5.13 Å². The van der Waals surface area contributed by atoms with E-state index in [4.69, 9.17) is 4.74 Å². The maximum atomic E-state index is 13.8. The summed E-state index contributed by atoms with van der Waals surface area (Å²) in [5.74, 6) is -1.74. The van der Waals surface area contributed by atoms with E-state index in [1.54, 1.807) is 48.5 Å². The lowest BCUT2D eigenvalue weighted by atomic mass is 9.95. The number of aliphatic hydroxyl groups excluding tert-OH is 1. The normalized spacial score (nSPS) is 17.3. The van der Waals surface area contributed by atoms with Gasteiger partial charge in [0.25, 0.3) is 5.78 Å². The Bertz CT molecular complexity index is 1480. The second-order valence-corrected chi connectivity index (χ2v) is 9.71. The monoisotopic (exact) mass is 552 g/mol. The van der Waals surface area contributed by atoms with E-state index in [0.717, 1.165) is 15.8 Å². The number of benzene rings is 3. The van der Waals surface area contributed by atoms with Crippen molar-refractivity contribution in [2.75, 3.05) is 11.5 Å². The summed E-state index contributed by atoms with van der Waals surface area (Å²) >= 11 is 4.51. The van der Waals surface area contributed by atoms with Crippen LogP contribution < -0.4 is 9.64 Å². The maximum Gasteiger partial charge on any atom is 0.301 e. The van der Waals surface area contributed by atoms with Gasteiger partial charge in [-0.15, -0.1) is 0 Å². The van der Waals surface area contributed by atoms with E-state index in [1.807, 2.05) is 6.92 Å². The van der Waals surface area contributed by atoms with Crippen LogP contribution in [0.25, 0.3) is 16.0 Å². The van der Waals surface area contributed by atoms with E-state index >= 15 is 0 Å². The summed E-state index contributed by atoms with van der Waals surface area (Å²) in [6.07, 6.45) is 0. The number of thiazole rings is 1. The lowest BCUT2D eigenvalue weighted by Gasteiger charge is -2.23. The summed E-state index contributed by atoms with van der Waals surface area (Å²) in [5.41, 5.74) is 1.45. The van der Waals surface area contributed by atoms with E-state index in [0.29, 0.717) is 33.7 Å². The number of carbonyl (C=O) groups excluding carboxylic acids is 2. The zero-order valence-corrected chi connectivity index (χ0v) is 20.8. The zero-order valence-electron chi connectivity index (χ0n) is 18.4. The average Bonchev–Trinajstić information content (AvgIpc) is 3.37. The Kier molecular flexibility index (Phi) is 6.12. The van der Waals surface area contributed by atoms with Gasteiger partial charge in [0.2, 0.25) is 0 Å². The Labute approximate surface area is 212 Å². The molecule has 5 rings (SSSR count). The van der Waals surface area contributed by atoms with Crippen LogP contribution >= 0.6 is 27.3 Å². The van der Waals surface area contributed by atoms with Crippen molar-refractivity contribution in [1.29, 1.82) is 0 Å². The third kappa shape index (κ3) is 4.21. The Morgan fingerprint density at radius 3 is 2.51 bits per heavy atom. The molecule has 1 saturated heterocycles. The average molecular weight is 553 g/mol. The number of aromatic nitrogens is 1. The number of halogens is 2. The third-order valence-corrected chi connectivity index (χ3v) is 7.16. The van der Waals surface area contributed by atoms with Crippen molar-refractivity contribution in [3.05, 3.63) is 93.7 Å². The van der Waals surface area contributed by atoms with E-state index in [2.05, 4.69) is 20.9 Å². The number of anilines is 1. The molecule has 1 unspecified atom stereocenters. The molecule has 3 aromatic carbocycles. The van der Waals surface area contributed by atoms with E-state index in [1.165, 1.54) is 23.1 Å². The number of fused-ring (bicyclic) bond motifs is 1. The number of aliphatic hydroxyl groups is 1. The Morgan fingerprint density at radius 1 is 1.11 bits per heavy atom. The van der Waals surface area contributed by atoms with E-state index in [-0.39, 0.29) is 16.5 Å². The lowest BCUT2D eigenvalue weighted by Crippen LogP contribution is -2.29. The maximum absolute atomic E-state index is 13.8. The van der Waals surface area contributed by atoms with E-state index < -0.39 is 23.5 Å². The Balaban J connectivity index is 1.68. The SMILES string of the molecule is CCOc1ccc(/C(O)=C2\C(=O)C(=O)N(c3nc4ccc(F)cc4s3)C2c2ccc(Br)cc2)cc1. The number of amides is 1. The Hall–Kier alpha value is -3.56. The zero-order chi connectivity index (χ0) is 24.7. The van der Waals surface area contributed by atoms with Crippen LogP contribution in [0.1, 0.15) is 24.1 Å². The molecule has 0 bridgehead atoms. The minimum absolute atomic E-state index is 0.0491. The molecule has 2 heterocycles. The molecule has 0 radical (unpaired) electrons. The number of hydrogen-bond acceptors (Lipinski definition) is 6. The molecule has 0 spiro atoms. The molecule has 1 fully saturated rings. The summed E-state index contributed by atoms with van der Waals surface area (Å²) in [6, 6.07) is 17.0. The van der Waals surface area contributed by atoms with Crippen LogP contribution in [0.3, 0.4) is 0 Å². The Morgan fingerprint density at radius 2 is 1.83 bits per heavy atom. The molecular formula is C26H18BrFN2O4S. The number of ether oxygens (including phenoxy) is 1. The molecule has 0 saturated carbocycles. The minimum Gasteiger partial charge on any atom is -0.507 e. The number of rotatable bonds is 5. The molecule has 1 atom stereocenters. The first-order chi connectivity index (χ1) is 16.9. The number of hydrogen-bond donors (Lipinski definition) is 1. The van der Waals surface area contributed by atoms with E-state index in [9.17, 15) is 19.1 Å². The van der Waals surface area contributed by atoms with Gasteiger partial charge in [-0.2, -0.15) is 0 Å². The highest BCUT2D eigenvalue weighted by atomic mass is 79.9. The van der Waals surface area contributed by atoms with Crippen LogP contribution in [0, 0.1) is 5.82 Å². The number of nitrogens with zero attached hydrogens (tertiary/aromatic N) is 2. The van der Waals surface area contributed by atoms with Crippen molar-refractivity contribution < 1.29 is 23.8 Å². The first-order valence-corrected chi connectivity index (χ1v) is 12.3. The quantitative estimate of drug-likeness (QED) is 0.180. The van der Waals surface area contributed by atoms with Crippen molar-refractivity contribution in [2.24, 2.45) is 0 Å². The molecule has 1 aromatic heterocycles. The summed E-state index contributed by atoms with van der Waals surface area (Å²) in [6.45, 7) is 2.36. The lowest BCUT2D eigenvalue weighted by molar-refractivity contribution is -0.132. The molecule has 6 nitrogen and oxygen atoms in total. The molecule has 176 valence electrons. The number of ketones is 1. The highest BCUT2D eigenvalue weighted by Gasteiger charge is 2.48. The minimum atomic E-state index is -0.917.